The molecule has 0 saturated carbocycles. The first kappa shape index (κ1) is 16.0. The SMILES string of the molecule is CO[C@H](NC(=O)Cc1ccccc1)[C@@H]1CCCC(C)(C)O1. The first-order valence-corrected chi connectivity index (χ1v) is 7.54. The third-order valence-corrected chi connectivity index (χ3v) is 3.84. The van der Waals surface area contributed by atoms with Crippen molar-refractivity contribution >= 4 is 5.91 Å². The minimum Gasteiger partial charge on any atom is -0.368 e. The number of carbonyl (C=O) groups is 1. The summed E-state index contributed by atoms with van der Waals surface area (Å²) in [6.07, 6.45) is 2.92. The van der Waals surface area contributed by atoms with Gasteiger partial charge in [0.15, 0.2) is 6.23 Å². The Balaban J connectivity index is 1.91. The van der Waals surface area contributed by atoms with Crippen molar-refractivity contribution < 1.29 is 14.3 Å². The molecule has 4 heteroatoms. The highest BCUT2D eigenvalue weighted by molar-refractivity contribution is 5.78. The molecular weight excluding hydrogens is 266 g/mol. The van der Waals surface area contributed by atoms with Crippen LogP contribution in [0.4, 0.5) is 0 Å². The van der Waals surface area contributed by atoms with Crippen molar-refractivity contribution in [1.82, 2.24) is 5.32 Å². The average molecular weight is 291 g/mol. The van der Waals surface area contributed by atoms with Crippen LogP contribution in [-0.4, -0.2) is 30.9 Å². The fourth-order valence-corrected chi connectivity index (χ4v) is 2.76. The van der Waals surface area contributed by atoms with E-state index in [1.165, 1.54) is 0 Å². The second-order valence-electron chi connectivity index (χ2n) is 6.19. The van der Waals surface area contributed by atoms with E-state index in [1.807, 2.05) is 30.3 Å². The Kier molecular flexibility index (Phi) is 5.37. The van der Waals surface area contributed by atoms with E-state index in [9.17, 15) is 4.79 Å². The third kappa shape index (κ3) is 4.83. The van der Waals surface area contributed by atoms with Crippen molar-refractivity contribution in [1.29, 1.82) is 0 Å². The Labute approximate surface area is 126 Å². The lowest BCUT2D eigenvalue weighted by Gasteiger charge is -2.39. The van der Waals surface area contributed by atoms with Crippen molar-refractivity contribution in [2.24, 2.45) is 0 Å². The van der Waals surface area contributed by atoms with Gasteiger partial charge in [0.05, 0.1) is 12.0 Å². The first-order valence-electron chi connectivity index (χ1n) is 7.54. The van der Waals surface area contributed by atoms with Crippen LogP contribution in [0.3, 0.4) is 0 Å². The fourth-order valence-electron chi connectivity index (χ4n) is 2.76. The van der Waals surface area contributed by atoms with E-state index in [-0.39, 0.29) is 23.8 Å². The van der Waals surface area contributed by atoms with Crippen molar-refractivity contribution in [3.8, 4) is 0 Å². The molecule has 0 bridgehead atoms. The molecule has 2 rings (SSSR count). The Morgan fingerprint density at radius 3 is 2.76 bits per heavy atom. The number of ether oxygens (including phenoxy) is 2. The van der Waals surface area contributed by atoms with Crippen LogP contribution in [0.1, 0.15) is 38.7 Å². The van der Waals surface area contributed by atoms with Crippen LogP contribution in [0.25, 0.3) is 0 Å². The van der Waals surface area contributed by atoms with Crippen molar-refractivity contribution in [3.63, 3.8) is 0 Å². The maximum Gasteiger partial charge on any atom is 0.226 e. The van der Waals surface area contributed by atoms with Gasteiger partial charge in [-0.2, -0.15) is 0 Å². The molecule has 1 amide bonds. The van der Waals surface area contributed by atoms with Crippen LogP contribution in [-0.2, 0) is 20.7 Å². The summed E-state index contributed by atoms with van der Waals surface area (Å²) in [5.41, 5.74) is 0.846. The summed E-state index contributed by atoms with van der Waals surface area (Å²) in [6, 6.07) is 9.70. The molecule has 0 radical (unpaired) electrons. The summed E-state index contributed by atoms with van der Waals surface area (Å²) in [5, 5.41) is 2.94. The summed E-state index contributed by atoms with van der Waals surface area (Å²) in [4.78, 5) is 12.1. The second-order valence-corrected chi connectivity index (χ2v) is 6.19. The number of hydrogen-bond donors (Lipinski definition) is 1. The monoisotopic (exact) mass is 291 g/mol. The molecule has 1 aliphatic heterocycles. The van der Waals surface area contributed by atoms with Gasteiger partial charge in [0.1, 0.15) is 6.10 Å². The van der Waals surface area contributed by atoms with Crippen molar-refractivity contribution in [3.05, 3.63) is 35.9 Å². The van der Waals surface area contributed by atoms with Gasteiger partial charge in [0, 0.05) is 7.11 Å². The molecule has 1 heterocycles. The van der Waals surface area contributed by atoms with Crippen LogP contribution < -0.4 is 5.32 Å². The van der Waals surface area contributed by atoms with Gasteiger partial charge in [-0.25, -0.2) is 0 Å². The first-order chi connectivity index (χ1) is 10.00. The second kappa shape index (κ2) is 7.05. The molecule has 0 spiro atoms. The van der Waals surface area contributed by atoms with E-state index in [1.54, 1.807) is 7.11 Å². The molecule has 0 aliphatic carbocycles. The quantitative estimate of drug-likeness (QED) is 0.848. The Morgan fingerprint density at radius 2 is 2.14 bits per heavy atom. The molecule has 0 unspecified atom stereocenters. The van der Waals surface area contributed by atoms with E-state index in [4.69, 9.17) is 9.47 Å². The van der Waals surface area contributed by atoms with Crippen LogP contribution in [0.5, 0.6) is 0 Å². The van der Waals surface area contributed by atoms with Crippen LogP contribution in [0.15, 0.2) is 30.3 Å². The molecule has 0 aromatic heterocycles. The van der Waals surface area contributed by atoms with Gasteiger partial charge in [-0.1, -0.05) is 30.3 Å². The Hall–Kier alpha value is -1.39. The van der Waals surface area contributed by atoms with E-state index >= 15 is 0 Å². The van der Waals surface area contributed by atoms with Gasteiger partial charge in [0.2, 0.25) is 5.91 Å². The smallest absolute Gasteiger partial charge is 0.226 e. The van der Waals surface area contributed by atoms with Crippen LogP contribution in [0.2, 0.25) is 0 Å². The highest BCUT2D eigenvalue weighted by Crippen LogP contribution is 2.29. The Bertz CT molecular complexity index is 458. The summed E-state index contributed by atoms with van der Waals surface area (Å²) in [7, 11) is 1.61. The summed E-state index contributed by atoms with van der Waals surface area (Å²) in [5.74, 6) is -0.0416. The Morgan fingerprint density at radius 1 is 1.43 bits per heavy atom. The van der Waals surface area contributed by atoms with E-state index < -0.39 is 0 Å². The van der Waals surface area contributed by atoms with Gasteiger partial charge in [-0.05, 0) is 38.7 Å². The molecule has 1 aromatic rings. The molecule has 21 heavy (non-hydrogen) atoms. The van der Waals surface area contributed by atoms with E-state index in [0.29, 0.717) is 6.42 Å². The normalized spacial score (nSPS) is 22.5. The van der Waals surface area contributed by atoms with Gasteiger partial charge in [0.25, 0.3) is 0 Å². The number of hydrogen-bond acceptors (Lipinski definition) is 3. The molecule has 1 saturated heterocycles. The summed E-state index contributed by atoms with van der Waals surface area (Å²) >= 11 is 0. The van der Waals surface area contributed by atoms with Gasteiger partial charge < -0.3 is 14.8 Å². The summed E-state index contributed by atoms with van der Waals surface area (Å²) in [6.45, 7) is 4.16. The molecule has 4 nitrogen and oxygen atoms in total. The zero-order valence-corrected chi connectivity index (χ0v) is 13.1. The lowest BCUT2D eigenvalue weighted by Crippen LogP contribution is -2.50. The van der Waals surface area contributed by atoms with Crippen molar-refractivity contribution in [2.75, 3.05) is 7.11 Å². The zero-order valence-electron chi connectivity index (χ0n) is 13.1. The molecule has 1 fully saturated rings. The molecule has 1 aromatic carbocycles. The lowest BCUT2D eigenvalue weighted by molar-refractivity contribution is -0.166. The molecular formula is C17H25NO3. The van der Waals surface area contributed by atoms with Crippen LogP contribution in [0, 0.1) is 0 Å². The maximum atomic E-state index is 12.1. The highest BCUT2D eigenvalue weighted by Gasteiger charge is 2.34. The van der Waals surface area contributed by atoms with Gasteiger partial charge >= 0.3 is 0 Å². The number of nitrogens with one attached hydrogen (secondary N) is 1. The largest absolute Gasteiger partial charge is 0.368 e. The van der Waals surface area contributed by atoms with E-state index in [2.05, 4.69) is 19.2 Å². The predicted molar refractivity (Wildman–Crippen MR) is 81.9 cm³/mol. The lowest BCUT2D eigenvalue weighted by atomic mass is 9.94. The standard InChI is InChI=1S/C17H25NO3/c1-17(2)11-7-10-14(21-17)16(20-3)18-15(19)12-13-8-5-4-6-9-13/h4-6,8-9,14,16H,7,10-12H2,1-3H3,(H,18,19)/t14-,16-/m0/s1. The summed E-state index contributed by atoms with van der Waals surface area (Å²) < 4.78 is 11.5. The number of carbonyl (C=O) groups excluding carboxylic acids is 1. The fraction of sp³-hybridized carbons (Fsp3) is 0.588. The predicted octanol–water partition coefficient (Wildman–Crippen LogP) is 2.67. The van der Waals surface area contributed by atoms with E-state index in [0.717, 1.165) is 24.8 Å². The third-order valence-electron chi connectivity index (χ3n) is 3.84. The number of benzene rings is 1. The van der Waals surface area contributed by atoms with Crippen LogP contribution >= 0.6 is 0 Å². The topological polar surface area (TPSA) is 47.6 Å². The minimum absolute atomic E-state index is 0.0416. The zero-order chi connectivity index (χ0) is 15.3. The number of amides is 1. The molecule has 116 valence electrons. The highest BCUT2D eigenvalue weighted by atomic mass is 16.6. The molecule has 1 N–H and O–H groups in total. The van der Waals surface area contributed by atoms with Gasteiger partial charge in [-0.3, -0.25) is 4.79 Å². The molecule has 1 aliphatic rings. The van der Waals surface area contributed by atoms with Crippen molar-refractivity contribution in [2.45, 2.75) is 57.5 Å². The average Bonchev–Trinajstić information content (AvgIpc) is 2.44. The number of methoxy groups -OCH3 is 1. The maximum absolute atomic E-state index is 12.1. The minimum atomic E-state index is -0.388. The number of rotatable bonds is 5. The van der Waals surface area contributed by atoms with Gasteiger partial charge in [-0.15, -0.1) is 0 Å². The molecule has 2 atom stereocenters.